The molecule has 1 aromatic carbocycles. The fourth-order valence-corrected chi connectivity index (χ4v) is 2.88. The summed E-state index contributed by atoms with van der Waals surface area (Å²) >= 11 is 0. The van der Waals surface area contributed by atoms with Gasteiger partial charge < -0.3 is 14.4 Å². The molecule has 2 heterocycles. The third kappa shape index (κ3) is 2.55. The smallest absolute Gasteiger partial charge is 0.292 e. The number of nitriles is 1. The van der Waals surface area contributed by atoms with Crippen molar-refractivity contribution in [2.24, 2.45) is 0 Å². The second-order valence-corrected chi connectivity index (χ2v) is 5.33. The number of rotatable bonds is 2. The van der Waals surface area contributed by atoms with Crippen LogP contribution in [0.2, 0.25) is 0 Å². The topological polar surface area (TPSA) is 88.6 Å². The van der Waals surface area contributed by atoms with Gasteiger partial charge in [-0.25, -0.2) is 0 Å². The SMILES string of the molecule is N#Cc1ccc([N+](=O)[O-])c(N2CCOC3(CCOC3)C2)c1. The summed E-state index contributed by atoms with van der Waals surface area (Å²) in [5.74, 6) is 0. The molecule has 21 heavy (non-hydrogen) atoms. The van der Waals surface area contributed by atoms with Crippen LogP contribution in [-0.4, -0.2) is 43.4 Å². The first kappa shape index (κ1) is 13.8. The van der Waals surface area contributed by atoms with Crippen molar-refractivity contribution in [3.8, 4) is 6.07 Å². The summed E-state index contributed by atoms with van der Waals surface area (Å²) in [6.45, 7) is 2.76. The second kappa shape index (κ2) is 5.31. The highest BCUT2D eigenvalue weighted by Gasteiger charge is 2.41. The average molecular weight is 289 g/mol. The number of anilines is 1. The van der Waals surface area contributed by atoms with E-state index in [2.05, 4.69) is 0 Å². The highest BCUT2D eigenvalue weighted by molar-refractivity contribution is 5.66. The zero-order chi connectivity index (χ0) is 14.9. The van der Waals surface area contributed by atoms with Crippen molar-refractivity contribution in [3.63, 3.8) is 0 Å². The van der Waals surface area contributed by atoms with E-state index in [0.29, 0.717) is 44.2 Å². The zero-order valence-electron chi connectivity index (χ0n) is 11.4. The zero-order valence-corrected chi connectivity index (χ0v) is 11.4. The molecule has 1 atom stereocenters. The van der Waals surface area contributed by atoms with E-state index in [1.165, 1.54) is 12.1 Å². The summed E-state index contributed by atoms with van der Waals surface area (Å²) < 4.78 is 11.2. The summed E-state index contributed by atoms with van der Waals surface area (Å²) in [6, 6.07) is 6.46. The van der Waals surface area contributed by atoms with Gasteiger partial charge in [0.05, 0.1) is 29.8 Å². The average Bonchev–Trinajstić information content (AvgIpc) is 2.94. The van der Waals surface area contributed by atoms with Crippen molar-refractivity contribution in [3.05, 3.63) is 33.9 Å². The van der Waals surface area contributed by atoms with Crippen molar-refractivity contribution in [1.82, 2.24) is 0 Å². The number of hydrogen-bond donors (Lipinski definition) is 0. The first-order valence-electron chi connectivity index (χ1n) is 6.79. The number of hydrogen-bond acceptors (Lipinski definition) is 6. The summed E-state index contributed by atoms with van der Waals surface area (Å²) in [7, 11) is 0. The molecule has 1 unspecified atom stereocenters. The second-order valence-electron chi connectivity index (χ2n) is 5.33. The lowest BCUT2D eigenvalue weighted by atomic mass is 10.00. The normalized spacial score (nSPS) is 25.0. The first-order chi connectivity index (χ1) is 10.1. The molecule has 0 aromatic heterocycles. The fraction of sp³-hybridized carbons (Fsp3) is 0.500. The van der Waals surface area contributed by atoms with Crippen LogP contribution >= 0.6 is 0 Å². The molecule has 0 aliphatic carbocycles. The standard InChI is InChI=1S/C14H15N3O4/c15-8-11-1-2-12(17(18)19)13(7-11)16-4-6-21-14(9-16)3-5-20-10-14/h1-2,7H,3-6,9-10H2. The number of nitro groups is 1. The largest absolute Gasteiger partial charge is 0.378 e. The quantitative estimate of drug-likeness (QED) is 0.605. The van der Waals surface area contributed by atoms with Crippen LogP contribution in [0.4, 0.5) is 11.4 Å². The van der Waals surface area contributed by atoms with Gasteiger partial charge in [-0.2, -0.15) is 5.26 Å². The van der Waals surface area contributed by atoms with Gasteiger partial charge in [-0.05, 0) is 12.1 Å². The van der Waals surface area contributed by atoms with Crippen molar-refractivity contribution in [2.75, 3.05) is 37.8 Å². The summed E-state index contributed by atoms with van der Waals surface area (Å²) in [5, 5.41) is 20.2. The van der Waals surface area contributed by atoms with E-state index in [4.69, 9.17) is 14.7 Å². The molecular weight excluding hydrogens is 274 g/mol. The Morgan fingerprint density at radius 2 is 2.29 bits per heavy atom. The van der Waals surface area contributed by atoms with E-state index in [0.717, 1.165) is 6.42 Å². The monoisotopic (exact) mass is 289 g/mol. The maximum absolute atomic E-state index is 11.2. The van der Waals surface area contributed by atoms with Crippen LogP contribution in [0.1, 0.15) is 12.0 Å². The lowest BCUT2D eigenvalue weighted by molar-refractivity contribution is -0.384. The van der Waals surface area contributed by atoms with Crippen LogP contribution in [-0.2, 0) is 9.47 Å². The van der Waals surface area contributed by atoms with E-state index in [9.17, 15) is 10.1 Å². The number of ether oxygens (including phenoxy) is 2. The highest BCUT2D eigenvalue weighted by atomic mass is 16.6. The van der Waals surface area contributed by atoms with Gasteiger partial charge in [-0.15, -0.1) is 0 Å². The molecule has 0 amide bonds. The van der Waals surface area contributed by atoms with Crippen LogP contribution in [0.25, 0.3) is 0 Å². The molecule has 1 aromatic rings. The van der Waals surface area contributed by atoms with Crippen LogP contribution in [0.5, 0.6) is 0 Å². The van der Waals surface area contributed by atoms with E-state index in [1.807, 2.05) is 11.0 Å². The van der Waals surface area contributed by atoms with Crippen LogP contribution in [0.15, 0.2) is 18.2 Å². The van der Waals surface area contributed by atoms with Gasteiger partial charge in [0.15, 0.2) is 0 Å². The Kier molecular flexibility index (Phi) is 3.49. The van der Waals surface area contributed by atoms with E-state index in [-0.39, 0.29) is 11.3 Å². The van der Waals surface area contributed by atoms with Crippen molar-refractivity contribution >= 4 is 11.4 Å². The summed E-state index contributed by atoms with van der Waals surface area (Å²) in [4.78, 5) is 12.7. The number of nitro benzene ring substituents is 1. The Morgan fingerprint density at radius 1 is 1.43 bits per heavy atom. The molecule has 0 N–H and O–H groups in total. The van der Waals surface area contributed by atoms with Gasteiger partial charge in [0.1, 0.15) is 11.3 Å². The third-order valence-corrected chi connectivity index (χ3v) is 3.96. The van der Waals surface area contributed by atoms with Crippen molar-refractivity contribution in [2.45, 2.75) is 12.0 Å². The molecule has 3 rings (SSSR count). The number of nitrogens with zero attached hydrogens (tertiary/aromatic N) is 3. The minimum absolute atomic E-state index is 0.0185. The predicted octanol–water partition coefficient (Wildman–Crippen LogP) is 1.46. The molecule has 2 saturated heterocycles. The van der Waals surface area contributed by atoms with Gasteiger partial charge in [-0.3, -0.25) is 10.1 Å². The van der Waals surface area contributed by atoms with Crippen molar-refractivity contribution < 1.29 is 14.4 Å². The Balaban J connectivity index is 1.95. The van der Waals surface area contributed by atoms with Gasteiger partial charge in [0.25, 0.3) is 5.69 Å². The maximum atomic E-state index is 11.2. The first-order valence-corrected chi connectivity index (χ1v) is 6.79. The molecule has 0 saturated carbocycles. The van der Waals surface area contributed by atoms with E-state index >= 15 is 0 Å². The molecular formula is C14H15N3O4. The minimum atomic E-state index is -0.413. The Morgan fingerprint density at radius 3 is 2.95 bits per heavy atom. The number of morpholine rings is 1. The van der Waals surface area contributed by atoms with Crippen LogP contribution in [0, 0.1) is 21.4 Å². The van der Waals surface area contributed by atoms with Gasteiger partial charge in [0.2, 0.25) is 0 Å². The van der Waals surface area contributed by atoms with E-state index < -0.39 is 4.92 Å². The minimum Gasteiger partial charge on any atom is -0.378 e. The lowest BCUT2D eigenvalue weighted by Crippen LogP contribution is -2.52. The number of benzene rings is 1. The van der Waals surface area contributed by atoms with Crippen molar-refractivity contribution in [1.29, 1.82) is 5.26 Å². The van der Waals surface area contributed by atoms with Crippen LogP contribution < -0.4 is 4.90 Å². The van der Waals surface area contributed by atoms with Crippen LogP contribution in [0.3, 0.4) is 0 Å². The molecule has 0 radical (unpaired) electrons. The molecule has 1 spiro atoms. The molecule has 2 fully saturated rings. The lowest BCUT2D eigenvalue weighted by Gasteiger charge is -2.40. The molecule has 2 aliphatic heterocycles. The van der Waals surface area contributed by atoms with Gasteiger partial charge >= 0.3 is 0 Å². The molecule has 0 bridgehead atoms. The third-order valence-electron chi connectivity index (χ3n) is 3.96. The van der Waals surface area contributed by atoms with E-state index in [1.54, 1.807) is 6.07 Å². The molecule has 7 heteroatoms. The summed E-state index contributed by atoms with van der Waals surface area (Å²) in [5.41, 5.74) is 0.534. The highest BCUT2D eigenvalue weighted by Crippen LogP contribution is 2.35. The maximum Gasteiger partial charge on any atom is 0.292 e. The molecule has 2 aliphatic rings. The Hall–Kier alpha value is -2.17. The van der Waals surface area contributed by atoms with Gasteiger partial charge in [-0.1, -0.05) is 0 Å². The molecule has 110 valence electrons. The fourth-order valence-electron chi connectivity index (χ4n) is 2.88. The Bertz CT molecular complexity index is 605. The summed E-state index contributed by atoms with van der Waals surface area (Å²) in [6.07, 6.45) is 0.787. The Labute approximate surface area is 121 Å². The molecule has 7 nitrogen and oxygen atoms in total. The van der Waals surface area contributed by atoms with Gasteiger partial charge in [0, 0.05) is 32.2 Å². The predicted molar refractivity (Wildman–Crippen MR) is 74.1 cm³/mol.